The Labute approximate surface area is 137 Å². The third-order valence-corrected chi connectivity index (χ3v) is 4.34. The van der Waals surface area contributed by atoms with Crippen LogP contribution in [0, 0.1) is 6.92 Å². The molecule has 1 aliphatic rings. The molecule has 0 unspecified atom stereocenters. The molecular formula is C15H17N7O2. The first kappa shape index (κ1) is 14.8. The summed E-state index contributed by atoms with van der Waals surface area (Å²) in [5.74, 6) is 0.0267. The molecular weight excluding hydrogens is 310 g/mol. The lowest BCUT2D eigenvalue weighted by Gasteiger charge is -2.34. The SMILES string of the molecule is Cc1nonc1CN1CCN(C(=O)c2ccc3n[nH]nc3c2)CC1. The van der Waals surface area contributed by atoms with Gasteiger partial charge in [-0.25, -0.2) is 4.63 Å². The van der Waals surface area contributed by atoms with Gasteiger partial charge in [0.15, 0.2) is 0 Å². The predicted molar refractivity (Wildman–Crippen MR) is 84.1 cm³/mol. The van der Waals surface area contributed by atoms with E-state index in [9.17, 15) is 4.79 Å². The molecule has 3 heterocycles. The number of aromatic amines is 1. The van der Waals surface area contributed by atoms with Crippen molar-refractivity contribution in [1.29, 1.82) is 0 Å². The molecule has 0 aliphatic carbocycles. The summed E-state index contributed by atoms with van der Waals surface area (Å²) in [6.45, 7) is 5.53. The van der Waals surface area contributed by atoms with Crippen molar-refractivity contribution in [3.8, 4) is 0 Å². The first-order chi connectivity index (χ1) is 11.7. The molecule has 1 aromatic carbocycles. The summed E-state index contributed by atoms with van der Waals surface area (Å²) in [4.78, 5) is 16.8. The Balaban J connectivity index is 1.39. The highest BCUT2D eigenvalue weighted by Crippen LogP contribution is 2.15. The topological polar surface area (TPSA) is 104 Å². The number of piperazine rings is 1. The number of hydrogen-bond acceptors (Lipinski definition) is 7. The van der Waals surface area contributed by atoms with Crippen LogP contribution in [0.15, 0.2) is 22.8 Å². The van der Waals surface area contributed by atoms with Gasteiger partial charge in [0, 0.05) is 38.3 Å². The third-order valence-electron chi connectivity index (χ3n) is 4.34. The average Bonchev–Trinajstić information content (AvgIpc) is 3.23. The largest absolute Gasteiger partial charge is 0.336 e. The van der Waals surface area contributed by atoms with Gasteiger partial charge in [0.25, 0.3) is 5.91 Å². The number of fused-ring (bicyclic) bond motifs is 1. The van der Waals surface area contributed by atoms with Crippen molar-refractivity contribution in [2.24, 2.45) is 0 Å². The molecule has 24 heavy (non-hydrogen) atoms. The Morgan fingerprint density at radius 1 is 1.17 bits per heavy atom. The smallest absolute Gasteiger partial charge is 0.254 e. The van der Waals surface area contributed by atoms with Gasteiger partial charge < -0.3 is 4.90 Å². The maximum absolute atomic E-state index is 12.7. The van der Waals surface area contributed by atoms with Crippen molar-refractivity contribution in [3.05, 3.63) is 35.2 Å². The van der Waals surface area contributed by atoms with Crippen molar-refractivity contribution >= 4 is 16.9 Å². The maximum atomic E-state index is 12.7. The van der Waals surface area contributed by atoms with E-state index < -0.39 is 0 Å². The first-order valence-electron chi connectivity index (χ1n) is 7.81. The molecule has 4 rings (SSSR count). The van der Waals surface area contributed by atoms with Gasteiger partial charge in [-0.1, -0.05) is 10.3 Å². The lowest BCUT2D eigenvalue weighted by atomic mass is 10.1. The lowest BCUT2D eigenvalue weighted by Crippen LogP contribution is -2.48. The second-order valence-electron chi connectivity index (χ2n) is 5.89. The van der Waals surface area contributed by atoms with Crippen LogP contribution in [-0.2, 0) is 6.54 Å². The molecule has 9 heteroatoms. The number of aryl methyl sites for hydroxylation is 1. The molecule has 1 aliphatic heterocycles. The average molecular weight is 327 g/mol. The van der Waals surface area contributed by atoms with Crippen LogP contribution in [0.1, 0.15) is 21.7 Å². The number of H-pyrrole nitrogens is 1. The van der Waals surface area contributed by atoms with Gasteiger partial charge in [0.2, 0.25) is 0 Å². The van der Waals surface area contributed by atoms with Gasteiger partial charge in [-0.2, -0.15) is 15.4 Å². The predicted octanol–water partition coefficient (Wildman–Crippen LogP) is 0.607. The number of rotatable bonds is 3. The number of nitrogens with one attached hydrogen (secondary N) is 1. The minimum absolute atomic E-state index is 0.0267. The van der Waals surface area contributed by atoms with E-state index in [-0.39, 0.29) is 5.91 Å². The maximum Gasteiger partial charge on any atom is 0.254 e. The molecule has 1 amide bonds. The van der Waals surface area contributed by atoms with Crippen molar-refractivity contribution in [3.63, 3.8) is 0 Å². The molecule has 1 N–H and O–H groups in total. The Morgan fingerprint density at radius 2 is 1.96 bits per heavy atom. The fourth-order valence-corrected chi connectivity index (χ4v) is 2.87. The van der Waals surface area contributed by atoms with Crippen LogP contribution >= 0.6 is 0 Å². The molecule has 0 atom stereocenters. The summed E-state index contributed by atoms with van der Waals surface area (Å²) in [6.07, 6.45) is 0. The summed E-state index contributed by atoms with van der Waals surface area (Å²) >= 11 is 0. The Hall–Kier alpha value is -2.81. The molecule has 0 saturated carbocycles. The van der Waals surface area contributed by atoms with Crippen LogP contribution in [0.2, 0.25) is 0 Å². The monoisotopic (exact) mass is 327 g/mol. The van der Waals surface area contributed by atoms with Crippen molar-refractivity contribution in [2.75, 3.05) is 26.2 Å². The summed E-state index contributed by atoms with van der Waals surface area (Å²) < 4.78 is 4.73. The highest BCUT2D eigenvalue weighted by Gasteiger charge is 2.23. The number of hydrogen-bond donors (Lipinski definition) is 1. The van der Waals surface area contributed by atoms with Gasteiger partial charge in [-0.15, -0.1) is 0 Å². The van der Waals surface area contributed by atoms with Crippen LogP contribution in [0.4, 0.5) is 0 Å². The van der Waals surface area contributed by atoms with Crippen LogP contribution in [-0.4, -0.2) is 67.6 Å². The van der Waals surface area contributed by atoms with Crippen LogP contribution in [0.25, 0.3) is 11.0 Å². The number of benzene rings is 1. The highest BCUT2D eigenvalue weighted by molar-refractivity contribution is 5.97. The zero-order chi connectivity index (χ0) is 16.5. The molecule has 0 spiro atoms. The van der Waals surface area contributed by atoms with Crippen molar-refractivity contribution in [1.82, 2.24) is 35.5 Å². The standard InChI is InChI=1S/C15H17N7O2/c1-10-14(19-24-18-10)9-21-4-6-22(7-5-21)15(23)11-2-3-12-13(8-11)17-20-16-12/h2-3,8H,4-7,9H2,1H3,(H,16,17,20). The number of amides is 1. The third kappa shape index (κ3) is 2.73. The van der Waals surface area contributed by atoms with Gasteiger partial charge in [-0.05, 0) is 25.1 Å². The highest BCUT2D eigenvalue weighted by atomic mass is 16.6. The fraction of sp³-hybridized carbons (Fsp3) is 0.400. The van der Waals surface area contributed by atoms with Gasteiger partial charge >= 0.3 is 0 Å². The lowest BCUT2D eigenvalue weighted by molar-refractivity contribution is 0.0625. The van der Waals surface area contributed by atoms with Gasteiger partial charge in [0.1, 0.15) is 22.4 Å². The second kappa shape index (κ2) is 6.00. The number of carbonyl (C=O) groups excluding carboxylic acids is 1. The van der Waals surface area contributed by atoms with Crippen LogP contribution in [0.3, 0.4) is 0 Å². The van der Waals surface area contributed by atoms with E-state index >= 15 is 0 Å². The first-order valence-corrected chi connectivity index (χ1v) is 7.81. The second-order valence-corrected chi connectivity index (χ2v) is 5.89. The number of aromatic nitrogens is 5. The molecule has 3 aromatic rings. The zero-order valence-corrected chi connectivity index (χ0v) is 13.3. The number of carbonyl (C=O) groups is 1. The van der Waals surface area contributed by atoms with E-state index in [2.05, 4.69) is 30.6 Å². The summed E-state index contributed by atoms with van der Waals surface area (Å²) in [5, 5.41) is 18.3. The molecule has 124 valence electrons. The van der Waals surface area contributed by atoms with E-state index in [0.29, 0.717) is 30.7 Å². The van der Waals surface area contributed by atoms with Crippen LogP contribution < -0.4 is 0 Å². The van der Waals surface area contributed by atoms with Crippen LogP contribution in [0.5, 0.6) is 0 Å². The van der Waals surface area contributed by atoms with E-state index in [1.54, 1.807) is 12.1 Å². The van der Waals surface area contributed by atoms with Gasteiger partial charge in [0.05, 0.1) is 0 Å². The molecule has 9 nitrogen and oxygen atoms in total. The van der Waals surface area contributed by atoms with Crippen molar-refractivity contribution in [2.45, 2.75) is 13.5 Å². The quantitative estimate of drug-likeness (QED) is 0.751. The Kier molecular flexibility index (Phi) is 3.69. The molecule has 0 radical (unpaired) electrons. The normalized spacial score (nSPS) is 16.0. The van der Waals surface area contributed by atoms with Gasteiger partial charge in [-0.3, -0.25) is 9.69 Å². The fourth-order valence-electron chi connectivity index (χ4n) is 2.87. The minimum atomic E-state index is 0.0267. The zero-order valence-electron chi connectivity index (χ0n) is 13.3. The van der Waals surface area contributed by atoms with E-state index in [0.717, 1.165) is 30.0 Å². The van der Waals surface area contributed by atoms with E-state index in [1.165, 1.54) is 0 Å². The minimum Gasteiger partial charge on any atom is -0.336 e. The summed E-state index contributed by atoms with van der Waals surface area (Å²) in [6, 6.07) is 5.38. The Morgan fingerprint density at radius 3 is 2.71 bits per heavy atom. The molecule has 1 fully saturated rings. The Bertz CT molecular complexity index is 863. The molecule has 0 bridgehead atoms. The summed E-state index contributed by atoms with van der Waals surface area (Å²) in [7, 11) is 0. The van der Waals surface area contributed by atoms with E-state index in [1.807, 2.05) is 17.9 Å². The van der Waals surface area contributed by atoms with E-state index in [4.69, 9.17) is 4.63 Å². The van der Waals surface area contributed by atoms with Crippen molar-refractivity contribution < 1.29 is 9.42 Å². The number of nitrogens with zero attached hydrogens (tertiary/aromatic N) is 6. The summed E-state index contributed by atoms with van der Waals surface area (Å²) in [5.41, 5.74) is 3.77. The molecule has 2 aromatic heterocycles. The molecule has 1 saturated heterocycles.